The van der Waals surface area contributed by atoms with E-state index in [9.17, 15) is 19.2 Å². The number of fused-ring (bicyclic) bond motifs is 1. The van der Waals surface area contributed by atoms with Crippen molar-refractivity contribution in [3.05, 3.63) is 65.2 Å². The maximum absolute atomic E-state index is 12.5. The average Bonchev–Trinajstić information content (AvgIpc) is 3.06. The van der Waals surface area contributed by atoms with Crippen molar-refractivity contribution in [2.75, 3.05) is 11.9 Å². The summed E-state index contributed by atoms with van der Waals surface area (Å²) in [6.45, 7) is 2.38. The molecule has 7 heteroatoms. The number of carbonyl (C=O) groups excluding carboxylic acids is 4. The van der Waals surface area contributed by atoms with Crippen molar-refractivity contribution < 1.29 is 19.2 Å². The Kier molecular flexibility index (Phi) is 6.87. The van der Waals surface area contributed by atoms with Crippen LogP contribution in [-0.4, -0.2) is 35.1 Å². The lowest BCUT2D eigenvalue weighted by Crippen LogP contribution is -2.35. The van der Waals surface area contributed by atoms with E-state index >= 15 is 0 Å². The highest BCUT2D eigenvalue weighted by Gasteiger charge is 2.47. The van der Waals surface area contributed by atoms with Crippen molar-refractivity contribution in [1.82, 2.24) is 10.2 Å². The molecule has 2 aromatic rings. The number of carbonyl (C=O) groups is 4. The first-order valence-electron chi connectivity index (χ1n) is 11.5. The zero-order valence-electron chi connectivity index (χ0n) is 18.8. The highest BCUT2D eigenvalue weighted by Crippen LogP contribution is 2.37. The minimum Gasteiger partial charge on any atom is -0.352 e. The summed E-state index contributed by atoms with van der Waals surface area (Å²) in [7, 11) is 0. The molecular formula is C26H29N3O4. The van der Waals surface area contributed by atoms with Gasteiger partial charge in [-0.15, -0.1) is 0 Å². The molecule has 2 aliphatic rings. The molecule has 1 saturated heterocycles. The molecule has 172 valence electrons. The Balaban J connectivity index is 1.26. The maximum atomic E-state index is 12.5. The highest BCUT2D eigenvalue weighted by atomic mass is 16.2. The van der Waals surface area contributed by atoms with Crippen LogP contribution in [-0.2, 0) is 20.9 Å². The van der Waals surface area contributed by atoms with Gasteiger partial charge < -0.3 is 10.6 Å². The summed E-state index contributed by atoms with van der Waals surface area (Å²) >= 11 is 0. The summed E-state index contributed by atoms with van der Waals surface area (Å²) < 4.78 is 0. The van der Waals surface area contributed by atoms with Crippen LogP contribution in [0.15, 0.2) is 48.5 Å². The number of likely N-dealkylation sites (tertiary alicyclic amines) is 1. The number of hydrogen-bond acceptors (Lipinski definition) is 4. The van der Waals surface area contributed by atoms with Gasteiger partial charge in [-0.05, 0) is 49.6 Å². The number of amides is 4. The quantitative estimate of drug-likeness (QED) is 0.636. The van der Waals surface area contributed by atoms with Crippen molar-refractivity contribution >= 4 is 29.3 Å². The zero-order valence-corrected chi connectivity index (χ0v) is 18.8. The largest absolute Gasteiger partial charge is 0.352 e. The zero-order chi connectivity index (χ0) is 23.4. The molecule has 0 spiro atoms. The summed E-state index contributed by atoms with van der Waals surface area (Å²) in [5.41, 5.74) is 3.14. The molecule has 0 aromatic heterocycles. The van der Waals surface area contributed by atoms with Gasteiger partial charge in [-0.1, -0.05) is 42.7 Å². The second kappa shape index (κ2) is 9.98. The Labute approximate surface area is 193 Å². The molecule has 2 aromatic carbocycles. The van der Waals surface area contributed by atoms with Gasteiger partial charge in [-0.25, -0.2) is 0 Å². The monoisotopic (exact) mass is 447 g/mol. The number of rotatable bonds is 7. The topological polar surface area (TPSA) is 95.6 Å². The number of nitrogens with one attached hydrogen (secondary N) is 2. The summed E-state index contributed by atoms with van der Waals surface area (Å²) in [6, 6.07) is 14.6. The molecule has 0 radical (unpaired) electrons. The van der Waals surface area contributed by atoms with Crippen LogP contribution in [0.3, 0.4) is 0 Å². The fourth-order valence-electron chi connectivity index (χ4n) is 4.62. The summed E-state index contributed by atoms with van der Waals surface area (Å²) in [5.74, 6) is -1.03. The molecule has 1 saturated carbocycles. The predicted molar refractivity (Wildman–Crippen MR) is 124 cm³/mol. The molecule has 33 heavy (non-hydrogen) atoms. The Morgan fingerprint density at radius 1 is 0.970 bits per heavy atom. The Morgan fingerprint density at radius 3 is 2.30 bits per heavy atom. The molecule has 2 unspecified atom stereocenters. The first kappa shape index (κ1) is 22.7. The van der Waals surface area contributed by atoms with Crippen LogP contribution in [0, 0.1) is 18.8 Å². The van der Waals surface area contributed by atoms with Gasteiger partial charge in [-0.2, -0.15) is 0 Å². The molecule has 7 nitrogen and oxygen atoms in total. The number of benzene rings is 2. The third kappa shape index (κ3) is 5.30. The van der Waals surface area contributed by atoms with Crippen molar-refractivity contribution in [2.45, 2.75) is 45.6 Å². The lowest BCUT2D eigenvalue weighted by Gasteiger charge is -2.19. The summed E-state index contributed by atoms with van der Waals surface area (Å²) in [5, 5.41) is 5.70. The third-order valence-corrected chi connectivity index (χ3v) is 6.48. The van der Waals surface area contributed by atoms with Crippen molar-refractivity contribution in [2.24, 2.45) is 11.8 Å². The second-order valence-corrected chi connectivity index (χ2v) is 8.87. The SMILES string of the molecule is Cc1ccc(C(=O)Nc2cccc(CNC(=O)CCN3C(=O)C4CCCCC4C3=O)c2)cc1. The molecule has 4 rings (SSSR count). The van der Waals surface area contributed by atoms with Gasteiger partial charge >= 0.3 is 0 Å². The normalized spacial score (nSPS) is 19.8. The van der Waals surface area contributed by atoms with Crippen LogP contribution in [0.1, 0.15) is 53.6 Å². The van der Waals surface area contributed by atoms with E-state index in [2.05, 4.69) is 10.6 Å². The van der Waals surface area contributed by atoms with Crippen molar-refractivity contribution in [3.8, 4) is 0 Å². The summed E-state index contributed by atoms with van der Waals surface area (Å²) in [6.07, 6.45) is 3.60. The van der Waals surface area contributed by atoms with Crippen molar-refractivity contribution in [3.63, 3.8) is 0 Å². The fraction of sp³-hybridized carbons (Fsp3) is 0.385. The lowest BCUT2D eigenvalue weighted by atomic mass is 9.81. The molecule has 1 aliphatic carbocycles. The van der Waals surface area contributed by atoms with E-state index in [0.29, 0.717) is 17.8 Å². The van der Waals surface area contributed by atoms with Gasteiger partial charge in [0.2, 0.25) is 17.7 Å². The number of imide groups is 1. The highest BCUT2D eigenvalue weighted by molar-refractivity contribution is 6.05. The molecule has 1 aliphatic heterocycles. The number of nitrogens with zero attached hydrogens (tertiary/aromatic N) is 1. The van der Waals surface area contributed by atoms with Crippen LogP contribution in [0.4, 0.5) is 5.69 Å². The van der Waals surface area contributed by atoms with E-state index in [0.717, 1.165) is 36.8 Å². The van der Waals surface area contributed by atoms with Gasteiger partial charge in [-0.3, -0.25) is 24.1 Å². The Morgan fingerprint density at radius 2 is 1.64 bits per heavy atom. The molecule has 2 N–H and O–H groups in total. The smallest absolute Gasteiger partial charge is 0.255 e. The van der Waals surface area contributed by atoms with E-state index in [1.807, 2.05) is 37.3 Å². The molecular weight excluding hydrogens is 418 g/mol. The van der Waals surface area contributed by atoms with E-state index < -0.39 is 0 Å². The average molecular weight is 448 g/mol. The third-order valence-electron chi connectivity index (χ3n) is 6.48. The van der Waals surface area contributed by atoms with Gasteiger partial charge in [0.1, 0.15) is 0 Å². The Bertz CT molecular complexity index is 1040. The van der Waals surface area contributed by atoms with Crippen LogP contribution in [0.5, 0.6) is 0 Å². The van der Waals surface area contributed by atoms with Crippen LogP contribution < -0.4 is 10.6 Å². The van der Waals surface area contributed by atoms with E-state index in [1.165, 1.54) is 4.90 Å². The van der Waals surface area contributed by atoms with E-state index in [1.54, 1.807) is 18.2 Å². The molecule has 0 bridgehead atoms. The fourth-order valence-corrected chi connectivity index (χ4v) is 4.62. The molecule has 2 fully saturated rings. The number of aryl methyl sites for hydroxylation is 1. The van der Waals surface area contributed by atoms with Gasteiger partial charge in [0, 0.05) is 30.8 Å². The molecule has 4 amide bonds. The van der Waals surface area contributed by atoms with E-state index in [4.69, 9.17) is 0 Å². The van der Waals surface area contributed by atoms with Crippen LogP contribution in [0.2, 0.25) is 0 Å². The van der Waals surface area contributed by atoms with Crippen molar-refractivity contribution in [1.29, 1.82) is 0 Å². The first-order chi connectivity index (χ1) is 15.9. The summed E-state index contributed by atoms with van der Waals surface area (Å²) in [4.78, 5) is 51.1. The minimum atomic E-state index is -0.223. The lowest BCUT2D eigenvalue weighted by molar-refractivity contribution is -0.140. The first-order valence-corrected chi connectivity index (χ1v) is 11.5. The van der Waals surface area contributed by atoms with E-state index in [-0.39, 0.29) is 48.4 Å². The predicted octanol–water partition coefficient (Wildman–Crippen LogP) is 3.43. The molecule has 1 heterocycles. The van der Waals surface area contributed by atoms with Crippen LogP contribution >= 0.6 is 0 Å². The minimum absolute atomic E-state index is 0.0841. The standard InChI is InChI=1S/C26H29N3O4/c1-17-9-11-19(12-10-17)24(31)28-20-6-4-5-18(15-20)16-27-23(30)13-14-29-25(32)21-7-2-3-8-22(21)26(29)33/h4-6,9-12,15,21-22H,2-3,7-8,13-14,16H2,1H3,(H,27,30)(H,28,31). The Hall–Kier alpha value is -3.48. The van der Waals surface area contributed by atoms with Gasteiger partial charge in [0.05, 0.1) is 11.8 Å². The maximum Gasteiger partial charge on any atom is 0.255 e. The van der Waals surface area contributed by atoms with Gasteiger partial charge in [0.15, 0.2) is 0 Å². The van der Waals surface area contributed by atoms with Crippen LogP contribution in [0.25, 0.3) is 0 Å². The second-order valence-electron chi connectivity index (χ2n) is 8.87. The number of hydrogen-bond donors (Lipinski definition) is 2. The van der Waals surface area contributed by atoms with Gasteiger partial charge in [0.25, 0.3) is 5.91 Å². The molecule has 2 atom stereocenters. The number of anilines is 1.